The van der Waals surface area contributed by atoms with Crippen molar-refractivity contribution in [3.63, 3.8) is 0 Å². The topological polar surface area (TPSA) is 73.4 Å². The minimum atomic E-state index is -0.453. The second kappa shape index (κ2) is 9.42. The molecule has 1 atom stereocenters. The number of furan rings is 1. The standard InChI is InChI=1S/C24H22N4O3S/c29-23(27-13-16-30-17-14-27)21(18-8-3-1-4-9-18)32-24-26-25-22(20-12-7-15-31-20)28(24)19-10-5-2-6-11-19/h1-12,15,21H,13-14,16-17H2/t21-/m1/s1. The third-order valence-electron chi connectivity index (χ3n) is 5.26. The van der Waals surface area contributed by atoms with Gasteiger partial charge in [0.25, 0.3) is 0 Å². The molecule has 4 aromatic rings. The molecule has 0 radical (unpaired) electrons. The van der Waals surface area contributed by atoms with Crippen molar-refractivity contribution in [3.05, 3.63) is 84.6 Å². The maximum absolute atomic E-state index is 13.6. The van der Waals surface area contributed by atoms with Gasteiger partial charge in [0.1, 0.15) is 5.25 Å². The first-order valence-electron chi connectivity index (χ1n) is 10.4. The summed E-state index contributed by atoms with van der Waals surface area (Å²) in [6.07, 6.45) is 1.61. The Balaban J connectivity index is 1.56. The fourth-order valence-corrected chi connectivity index (χ4v) is 4.80. The number of para-hydroxylation sites is 1. The maximum Gasteiger partial charge on any atom is 0.240 e. The van der Waals surface area contributed by atoms with E-state index in [9.17, 15) is 4.79 Å². The lowest BCUT2D eigenvalue weighted by molar-refractivity contribution is -0.134. The normalized spacial score (nSPS) is 14.9. The summed E-state index contributed by atoms with van der Waals surface area (Å²) in [5.41, 5.74) is 1.83. The SMILES string of the molecule is O=C([C@H](Sc1nnc(-c2ccco2)n1-c1ccccc1)c1ccccc1)N1CCOCC1. The molecule has 1 saturated heterocycles. The molecule has 3 heterocycles. The number of carbonyl (C=O) groups excluding carboxylic acids is 1. The maximum atomic E-state index is 13.6. The smallest absolute Gasteiger partial charge is 0.240 e. The monoisotopic (exact) mass is 446 g/mol. The summed E-state index contributed by atoms with van der Waals surface area (Å²) < 4.78 is 13.0. The first-order valence-corrected chi connectivity index (χ1v) is 11.3. The van der Waals surface area contributed by atoms with E-state index < -0.39 is 5.25 Å². The molecule has 0 N–H and O–H groups in total. The number of aromatic nitrogens is 3. The fourth-order valence-electron chi connectivity index (χ4n) is 3.67. The number of nitrogens with zero attached hydrogens (tertiary/aromatic N) is 4. The summed E-state index contributed by atoms with van der Waals surface area (Å²) in [6.45, 7) is 2.29. The molecule has 1 amide bonds. The first-order chi connectivity index (χ1) is 15.8. The number of thioether (sulfide) groups is 1. The predicted octanol–water partition coefficient (Wildman–Crippen LogP) is 4.22. The van der Waals surface area contributed by atoms with Gasteiger partial charge in [0.15, 0.2) is 10.9 Å². The second-order valence-electron chi connectivity index (χ2n) is 7.30. The molecule has 0 spiro atoms. The molecule has 32 heavy (non-hydrogen) atoms. The van der Waals surface area contributed by atoms with Crippen LogP contribution in [0.25, 0.3) is 17.3 Å². The van der Waals surface area contributed by atoms with Crippen molar-refractivity contribution >= 4 is 17.7 Å². The molecule has 1 aliphatic heterocycles. The Morgan fingerprint density at radius 2 is 1.62 bits per heavy atom. The minimum Gasteiger partial charge on any atom is -0.461 e. The lowest BCUT2D eigenvalue weighted by Crippen LogP contribution is -2.42. The van der Waals surface area contributed by atoms with Crippen molar-refractivity contribution in [2.75, 3.05) is 26.3 Å². The predicted molar refractivity (Wildman–Crippen MR) is 122 cm³/mol. The molecule has 0 saturated carbocycles. The minimum absolute atomic E-state index is 0.0478. The van der Waals surface area contributed by atoms with Gasteiger partial charge in [0.05, 0.1) is 19.5 Å². The number of benzene rings is 2. The number of hydrogen-bond acceptors (Lipinski definition) is 6. The molecule has 0 aliphatic carbocycles. The van der Waals surface area contributed by atoms with Crippen LogP contribution in [0, 0.1) is 0 Å². The second-order valence-corrected chi connectivity index (χ2v) is 8.37. The van der Waals surface area contributed by atoms with Crippen molar-refractivity contribution in [1.82, 2.24) is 19.7 Å². The van der Waals surface area contributed by atoms with Crippen LogP contribution in [0.4, 0.5) is 0 Å². The van der Waals surface area contributed by atoms with E-state index in [0.717, 1.165) is 11.3 Å². The zero-order valence-corrected chi connectivity index (χ0v) is 18.1. The van der Waals surface area contributed by atoms with Crippen LogP contribution in [0.3, 0.4) is 0 Å². The average Bonchev–Trinajstić information content (AvgIpc) is 3.54. The van der Waals surface area contributed by atoms with Crippen LogP contribution in [0.15, 0.2) is 88.6 Å². The van der Waals surface area contributed by atoms with Gasteiger partial charge in [-0.05, 0) is 29.8 Å². The number of hydrogen-bond donors (Lipinski definition) is 0. The Bertz CT molecular complexity index is 1160. The van der Waals surface area contributed by atoms with Gasteiger partial charge in [0.2, 0.25) is 11.7 Å². The van der Waals surface area contributed by atoms with Crippen LogP contribution in [-0.2, 0) is 9.53 Å². The highest BCUT2D eigenvalue weighted by molar-refractivity contribution is 8.00. The van der Waals surface area contributed by atoms with E-state index in [1.807, 2.05) is 82.3 Å². The molecule has 0 bridgehead atoms. The highest BCUT2D eigenvalue weighted by Crippen LogP contribution is 2.38. The summed E-state index contributed by atoms with van der Waals surface area (Å²) in [6, 6.07) is 23.3. The number of amides is 1. The van der Waals surface area contributed by atoms with E-state index in [1.54, 1.807) is 6.26 Å². The van der Waals surface area contributed by atoms with Gasteiger partial charge in [-0.15, -0.1) is 10.2 Å². The molecule has 1 aliphatic rings. The summed E-state index contributed by atoms with van der Waals surface area (Å²) >= 11 is 1.40. The molecule has 2 aromatic heterocycles. The Kier molecular flexibility index (Phi) is 6.04. The molecule has 8 heteroatoms. The summed E-state index contributed by atoms with van der Waals surface area (Å²) in [7, 11) is 0. The van der Waals surface area contributed by atoms with E-state index in [1.165, 1.54) is 11.8 Å². The average molecular weight is 447 g/mol. The molecular weight excluding hydrogens is 424 g/mol. The Labute approximate surface area is 190 Å². The lowest BCUT2D eigenvalue weighted by Gasteiger charge is -2.30. The third-order valence-corrected chi connectivity index (χ3v) is 6.45. The zero-order valence-electron chi connectivity index (χ0n) is 17.3. The quantitative estimate of drug-likeness (QED) is 0.413. The van der Waals surface area contributed by atoms with Crippen molar-refractivity contribution in [1.29, 1.82) is 0 Å². The number of rotatable bonds is 6. The van der Waals surface area contributed by atoms with Gasteiger partial charge >= 0.3 is 0 Å². The van der Waals surface area contributed by atoms with Crippen LogP contribution < -0.4 is 0 Å². The Hall–Kier alpha value is -3.36. The van der Waals surface area contributed by atoms with Crippen LogP contribution in [-0.4, -0.2) is 51.9 Å². The molecular formula is C24H22N4O3S. The summed E-state index contributed by atoms with van der Waals surface area (Å²) in [5, 5.41) is 9.04. The number of carbonyl (C=O) groups is 1. The largest absolute Gasteiger partial charge is 0.461 e. The van der Waals surface area contributed by atoms with Crippen LogP contribution in [0.1, 0.15) is 10.8 Å². The highest BCUT2D eigenvalue weighted by atomic mass is 32.2. The van der Waals surface area contributed by atoms with Crippen molar-refractivity contribution in [2.24, 2.45) is 0 Å². The Morgan fingerprint density at radius 1 is 0.906 bits per heavy atom. The van der Waals surface area contributed by atoms with E-state index in [0.29, 0.717) is 43.0 Å². The van der Waals surface area contributed by atoms with Gasteiger partial charge in [-0.2, -0.15) is 0 Å². The van der Waals surface area contributed by atoms with Crippen LogP contribution in [0.5, 0.6) is 0 Å². The molecule has 0 unspecified atom stereocenters. The van der Waals surface area contributed by atoms with Gasteiger partial charge < -0.3 is 14.1 Å². The van der Waals surface area contributed by atoms with Crippen LogP contribution >= 0.6 is 11.8 Å². The number of ether oxygens (including phenoxy) is 1. The third kappa shape index (κ3) is 4.19. The Morgan fingerprint density at radius 3 is 2.31 bits per heavy atom. The van der Waals surface area contributed by atoms with E-state index in [4.69, 9.17) is 9.15 Å². The molecule has 162 valence electrons. The van der Waals surface area contributed by atoms with Gasteiger partial charge in [-0.3, -0.25) is 9.36 Å². The van der Waals surface area contributed by atoms with E-state index >= 15 is 0 Å². The number of morpholine rings is 1. The van der Waals surface area contributed by atoms with E-state index in [2.05, 4.69) is 10.2 Å². The lowest BCUT2D eigenvalue weighted by atomic mass is 10.1. The molecule has 2 aromatic carbocycles. The van der Waals surface area contributed by atoms with Crippen molar-refractivity contribution in [2.45, 2.75) is 10.4 Å². The van der Waals surface area contributed by atoms with Gasteiger partial charge in [-0.1, -0.05) is 60.3 Å². The van der Waals surface area contributed by atoms with Crippen molar-refractivity contribution in [3.8, 4) is 17.3 Å². The highest BCUT2D eigenvalue weighted by Gasteiger charge is 2.31. The summed E-state index contributed by atoms with van der Waals surface area (Å²) in [4.78, 5) is 15.4. The van der Waals surface area contributed by atoms with Crippen LogP contribution in [0.2, 0.25) is 0 Å². The first kappa shape index (κ1) is 20.5. The van der Waals surface area contributed by atoms with Gasteiger partial charge in [0, 0.05) is 18.8 Å². The van der Waals surface area contributed by atoms with Crippen molar-refractivity contribution < 1.29 is 13.9 Å². The molecule has 5 rings (SSSR count). The summed E-state index contributed by atoms with van der Waals surface area (Å²) in [5.74, 6) is 1.25. The molecule has 1 fully saturated rings. The van der Waals surface area contributed by atoms with Gasteiger partial charge in [-0.25, -0.2) is 0 Å². The fraction of sp³-hybridized carbons (Fsp3) is 0.208. The van der Waals surface area contributed by atoms with E-state index in [-0.39, 0.29) is 5.91 Å². The zero-order chi connectivity index (χ0) is 21.8. The molecule has 7 nitrogen and oxygen atoms in total.